The van der Waals surface area contributed by atoms with E-state index in [9.17, 15) is 9.59 Å². The molecule has 0 saturated heterocycles. The van der Waals surface area contributed by atoms with Gasteiger partial charge >= 0.3 is 0 Å². The highest BCUT2D eigenvalue weighted by Gasteiger charge is 2.34. The maximum absolute atomic E-state index is 13.0. The summed E-state index contributed by atoms with van der Waals surface area (Å²) in [5.41, 5.74) is 2.76. The number of ketones is 2. The molecule has 2 N–H and O–H groups in total. The molecule has 4 aromatic rings. The molecule has 5 rings (SSSR count). The molecule has 1 aliphatic carbocycles. The summed E-state index contributed by atoms with van der Waals surface area (Å²) in [4.78, 5) is 34.9. The minimum atomic E-state index is -0.638. The van der Waals surface area contributed by atoms with Gasteiger partial charge in [0.25, 0.3) is 0 Å². The summed E-state index contributed by atoms with van der Waals surface area (Å²) in [5.74, 6) is -1.28. The van der Waals surface area contributed by atoms with Crippen LogP contribution in [0, 0.1) is 0 Å². The predicted octanol–water partition coefficient (Wildman–Crippen LogP) is 7.82. The van der Waals surface area contributed by atoms with Gasteiger partial charge in [-0.2, -0.15) is 0 Å². The summed E-state index contributed by atoms with van der Waals surface area (Å²) >= 11 is 27.0. The first-order valence-electron chi connectivity index (χ1n) is 10.2. The third-order valence-electron chi connectivity index (χ3n) is 5.04. The minimum Gasteiger partial charge on any atom is -0.327 e. The Labute approximate surface area is 233 Å². The number of carbonyl (C=O) groups is 2. The van der Waals surface area contributed by atoms with Crippen molar-refractivity contribution in [3.8, 4) is 22.5 Å². The van der Waals surface area contributed by atoms with Crippen LogP contribution in [0.3, 0.4) is 0 Å². The first-order chi connectivity index (χ1) is 17.3. The fourth-order valence-electron chi connectivity index (χ4n) is 3.25. The van der Waals surface area contributed by atoms with Crippen molar-refractivity contribution in [1.29, 1.82) is 0 Å². The molecule has 36 heavy (non-hydrogen) atoms. The number of rotatable bonds is 6. The van der Waals surface area contributed by atoms with Crippen molar-refractivity contribution >= 4 is 90.9 Å². The standard InChI is InChI=1S/C24H12Cl4N4O2S2/c25-13-5-1-11(2-6-13)15-9-35-23(29-15)31-19-17(27)22(34)20(18(28)21(19)33)32-24-30-16(10-36-24)12-3-7-14(26)8-4-12/h1-10H,(H,29,31)(H,30,32). The molecule has 0 amide bonds. The summed E-state index contributed by atoms with van der Waals surface area (Å²) in [5, 5.41) is 10.7. The molecule has 2 heterocycles. The largest absolute Gasteiger partial charge is 0.327 e. The number of hydrogen-bond donors (Lipinski definition) is 2. The van der Waals surface area contributed by atoms with E-state index in [1.807, 2.05) is 24.3 Å². The molecule has 0 saturated carbocycles. The van der Waals surface area contributed by atoms with Gasteiger partial charge in [-0.1, -0.05) is 70.7 Å². The number of nitrogens with zero attached hydrogens (tertiary/aromatic N) is 2. The molecule has 2 aromatic carbocycles. The number of hydrogen-bond acceptors (Lipinski definition) is 8. The van der Waals surface area contributed by atoms with Gasteiger partial charge in [-0.15, -0.1) is 22.7 Å². The molecule has 12 heteroatoms. The average molecular weight is 594 g/mol. The Morgan fingerprint density at radius 3 is 1.31 bits per heavy atom. The lowest BCUT2D eigenvalue weighted by molar-refractivity contribution is -0.115. The van der Waals surface area contributed by atoms with Crippen LogP contribution in [0.1, 0.15) is 0 Å². The van der Waals surface area contributed by atoms with Gasteiger partial charge in [0, 0.05) is 31.9 Å². The normalized spacial score (nSPS) is 14.0. The molecule has 0 radical (unpaired) electrons. The summed E-state index contributed by atoms with van der Waals surface area (Å²) in [6.07, 6.45) is 0. The molecule has 0 fully saturated rings. The zero-order chi connectivity index (χ0) is 25.4. The summed E-state index contributed by atoms with van der Waals surface area (Å²) < 4.78 is 0. The van der Waals surface area contributed by atoms with Gasteiger partial charge in [0.05, 0.1) is 11.4 Å². The van der Waals surface area contributed by atoms with Crippen LogP contribution in [-0.4, -0.2) is 21.5 Å². The fourth-order valence-corrected chi connectivity index (χ4v) is 5.41. The van der Waals surface area contributed by atoms with Crippen LogP contribution in [0.25, 0.3) is 22.5 Å². The van der Waals surface area contributed by atoms with Crippen LogP contribution in [0.4, 0.5) is 10.3 Å². The molecule has 1 aliphatic rings. The molecule has 0 atom stereocenters. The number of carbonyl (C=O) groups excluding carboxylic acids is 2. The lowest BCUT2D eigenvalue weighted by atomic mass is 10.1. The molecule has 0 bridgehead atoms. The lowest BCUT2D eigenvalue weighted by Crippen LogP contribution is -2.27. The van der Waals surface area contributed by atoms with Crippen molar-refractivity contribution in [1.82, 2.24) is 9.97 Å². The van der Waals surface area contributed by atoms with E-state index in [4.69, 9.17) is 46.4 Å². The van der Waals surface area contributed by atoms with E-state index in [0.717, 1.165) is 11.1 Å². The van der Waals surface area contributed by atoms with E-state index in [1.54, 1.807) is 35.0 Å². The predicted molar refractivity (Wildman–Crippen MR) is 148 cm³/mol. The number of Topliss-reactive ketones (excluding diaryl/α,β-unsaturated/α-hetero) is 2. The SMILES string of the molecule is O=C1C(Cl)=C(Nc2nc(-c3ccc(Cl)cc3)cs2)C(=O)C(Cl)=C1Nc1nc(-c2ccc(Cl)cc2)cs1. The van der Waals surface area contributed by atoms with Gasteiger partial charge in [0.15, 0.2) is 10.3 Å². The number of anilines is 2. The Balaban J connectivity index is 1.34. The van der Waals surface area contributed by atoms with E-state index >= 15 is 0 Å². The van der Waals surface area contributed by atoms with E-state index in [-0.39, 0.29) is 21.5 Å². The first kappa shape index (κ1) is 25.0. The zero-order valence-electron chi connectivity index (χ0n) is 17.8. The van der Waals surface area contributed by atoms with Crippen LogP contribution >= 0.6 is 69.1 Å². The molecular weight excluding hydrogens is 582 g/mol. The Bertz CT molecular complexity index is 1440. The van der Waals surface area contributed by atoms with Crippen molar-refractivity contribution in [2.45, 2.75) is 0 Å². The number of halogens is 4. The highest BCUT2D eigenvalue weighted by Crippen LogP contribution is 2.34. The monoisotopic (exact) mass is 592 g/mol. The third-order valence-corrected chi connectivity index (χ3v) is 7.78. The van der Waals surface area contributed by atoms with Crippen LogP contribution in [0.15, 0.2) is 80.7 Å². The molecule has 180 valence electrons. The quantitative estimate of drug-likeness (QED) is 0.222. The first-order valence-corrected chi connectivity index (χ1v) is 13.4. The Morgan fingerprint density at radius 2 is 0.944 bits per heavy atom. The molecule has 0 spiro atoms. The van der Waals surface area contributed by atoms with Gasteiger partial charge in [-0.25, -0.2) is 9.97 Å². The van der Waals surface area contributed by atoms with Crippen LogP contribution in [0.2, 0.25) is 10.0 Å². The van der Waals surface area contributed by atoms with Crippen molar-refractivity contribution in [2.75, 3.05) is 10.6 Å². The van der Waals surface area contributed by atoms with Crippen molar-refractivity contribution < 1.29 is 9.59 Å². The minimum absolute atomic E-state index is 0.143. The van der Waals surface area contributed by atoms with Crippen LogP contribution < -0.4 is 10.6 Å². The van der Waals surface area contributed by atoms with Gasteiger partial charge < -0.3 is 10.6 Å². The maximum atomic E-state index is 13.0. The average Bonchev–Trinajstić information content (AvgIpc) is 3.54. The van der Waals surface area contributed by atoms with E-state index < -0.39 is 11.6 Å². The highest BCUT2D eigenvalue weighted by molar-refractivity contribution is 7.14. The van der Waals surface area contributed by atoms with Crippen molar-refractivity contribution in [3.63, 3.8) is 0 Å². The second-order valence-electron chi connectivity index (χ2n) is 7.38. The van der Waals surface area contributed by atoms with Gasteiger partial charge in [-0.05, 0) is 24.3 Å². The number of thiazole rings is 2. The van der Waals surface area contributed by atoms with Crippen LogP contribution in [0.5, 0.6) is 0 Å². The van der Waals surface area contributed by atoms with Crippen molar-refractivity contribution in [3.05, 3.63) is 90.8 Å². The molecule has 0 aliphatic heterocycles. The topological polar surface area (TPSA) is 84.0 Å². The number of allylic oxidation sites excluding steroid dienone is 2. The molecular formula is C24H12Cl4N4O2S2. The van der Waals surface area contributed by atoms with Crippen LogP contribution in [-0.2, 0) is 9.59 Å². The smallest absolute Gasteiger partial charge is 0.224 e. The molecule has 0 unspecified atom stereocenters. The lowest BCUT2D eigenvalue weighted by Gasteiger charge is -2.18. The van der Waals surface area contributed by atoms with Gasteiger partial charge in [-0.3, -0.25) is 9.59 Å². The van der Waals surface area contributed by atoms with E-state index in [2.05, 4.69) is 20.6 Å². The third kappa shape index (κ3) is 5.06. The maximum Gasteiger partial charge on any atom is 0.224 e. The van der Waals surface area contributed by atoms with E-state index in [1.165, 1.54) is 22.7 Å². The number of aromatic nitrogens is 2. The summed E-state index contributed by atoms with van der Waals surface area (Å²) in [6.45, 7) is 0. The number of nitrogens with one attached hydrogen (secondary N) is 2. The Kier molecular flexibility index (Phi) is 7.16. The zero-order valence-corrected chi connectivity index (χ0v) is 22.5. The van der Waals surface area contributed by atoms with E-state index in [0.29, 0.717) is 31.7 Å². The van der Waals surface area contributed by atoms with Gasteiger partial charge in [0.2, 0.25) is 11.6 Å². The Morgan fingerprint density at radius 1 is 0.583 bits per heavy atom. The van der Waals surface area contributed by atoms with Gasteiger partial charge in [0.1, 0.15) is 21.5 Å². The molecule has 2 aromatic heterocycles. The van der Waals surface area contributed by atoms with Crippen molar-refractivity contribution in [2.24, 2.45) is 0 Å². The summed E-state index contributed by atoms with van der Waals surface area (Å²) in [7, 11) is 0. The molecule has 6 nitrogen and oxygen atoms in total. The fraction of sp³-hybridized carbons (Fsp3) is 0. The highest BCUT2D eigenvalue weighted by atomic mass is 35.5. The summed E-state index contributed by atoms with van der Waals surface area (Å²) in [6, 6.07) is 14.3. The second kappa shape index (κ2) is 10.3. The Hall–Kier alpha value is -2.72. The second-order valence-corrected chi connectivity index (χ2v) is 10.7. The number of benzene rings is 2.